The van der Waals surface area contributed by atoms with Gasteiger partial charge in [0.2, 0.25) is 0 Å². The van der Waals surface area contributed by atoms with Gasteiger partial charge in [0.1, 0.15) is 0 Å². The first-order chi connectivity index (χ1) is 7.22. The van der Waals surface area contributed by atoms with E-state index >= 15 is 0 Å². The molecule has 1 aromatic heterocycles. The molecular formula is C10H17N3OS. The highest BCUT2D eigenvalue weighted by Gasteiger charge is 2.00. The van der Waals surface area contributed by atoms with Crippen molar-refractivity contribution in [3.05, 3.63) is 16.1 Å². The molecule has 0 atom stereocenters. The summed E-state index contributed by atoms with van der Waals surface area (Å²) in [7, 11) is 0. The number of nitrogens with zero attached hydrogens (tertiary/aromatic N) is 1. The molecule has 0 aromatic carbocycles. The molecule has 1 rings (SSSR count). The smallest absolute Gasteiger partial charge is 0.314 e. The van der Waals surface area contributed by atoms with Crippen LogP contribution in [0.1, 0.15) is 23.2 Å². The molecule has 0 unspecified atom stereocenters. The van der Waals surface area contributed by atoms with Gasteiger partial charge in [-0.05, 0) is 13.3 Å². The fourth-order valence-corrected chi connectivity index (χ4v) is 1.92. The zero-order valence-electron chi connectivity index (χ0n) is 9.17. The molecule has 0 radical (unpaired) electrons. The van der Waals surface area contributed by atoms with E-state index in [9.17, 15) is 4.79 Å². The SMILES string of the molecule is CCCNC(=O)NCCc1cnc(C)s1. The van der Waals surface area contributed by atoms with Gasteiger partial charge >= 0.3 is 6.03 Å². The number of hydrogen-bond donors (Lipinski definition) is 2. The lowest BCUT2D eigenvalue weighted by molar-refractivity contribution is 0.241. The molecule has 0 aliphatic rings. The first-order valence-corrected chi connectivity index (χ1v) is 5.97. The molecule has 0 saturated heterocycles. The largest absolute Gasteiger partial charge is 0.338 e. The second-order valence-electron chi connectivity index (χ2n) is 3.28. The molecule has 1 heterocycles. The quantitative estimate of drug-likeness (QED) is 0.804. The first-order valence-electron chi connectivity index (χ1n) is 5.15. The summed E-state index contributed by atoms with van der Waals surface area (Å²) < 4.78 is 0. The van der Waals surface area contributed by atoms with E-state index in [1.807, 2.05) is 20.0 Å². The number of urea groups is 1. The molecule has 4 nitrogen and oxygen atoms in total. The summed E-state index contributed by atoms with van der Waals surface area (Å²) in [4.78, 5) is 16.5. The summed E-state index contributed by atoms with van der Waals surface area (Å²) in [6, 6.07) is -0.0851. The van der Waals surface area contributed by atoms with Crippen LogP contribution in [0.15, 0.2) is 6.20 Å². The number of aryl methyl sites for hydroxylation is 1. The first kappa shape index (κ1) is 12.0. The monoisotopic (exact) mass is 227 g/mol. The van der Waals surface area contributed by atoms with E-state index < -0.39 is 0 Å². The van der Waals surface area contributed by atoms with E-state index in [0.29, 0.717) is 6.54 Å². The molecule has 2 amide bonds. The third-order valence-electron chi connectivity index (χ3n) is 1.86. The van der Waals surface area contributed by atoms with Gasteiger partial charge in [0.15, 0.2) is 0 Å². The van der Waals surface area contributed by atoms with E-state index in [4.69, 9.17) is 0 Å². The third kappa shape index (κ3) is 4.78. The molecule has 0 aliphatic carbocycles. The van der Waals surface area contributed by atoms with Crippen molar-refractivity contribution in [2.75, 3.05) is 13.1 Å². The number of carbonyl (C=O) groups excluding carboxylic acids is 1. The number of carbonyl (C=O) groups is 1. The maximum absolute atomic E-state index is 11.2. The number of amides is 2. The molecule has 0 spiro atoms. The summed E-state index contributed by atoms with van der Waals surface area (Å²) in [5, 5.41) is 6.64. The van der Waals surface area contributed by atoms with Gasteiger partial charge in [-0.3, -0.25) is 0 Å². The van der Waals surface area contributed by atoms with Gasteiger partial charge in [0.05, 0.1) is 5.01 Å². The number of hydrogen-bond acceptors (Lipinski definition) is 3. The zero-order valence-corrected chi connectivity index (χ0v) is 9.99. The van der Waals surface area contributed by atoms with E-state index in [1.165, 1.54) is 4.88 Å². The Morgan fingerprint density at radius 2 is 2.20 bits per heavy atom. The summed E-state index contributed by atoms with van der Waals surface area (Å²) in [5.74, 6) is 0. The van der Waals surface area contributed by atoms with Crippen molar-refractivity contribution in [3.8, 4) is 0 Å². The summed E-state index contributed by atoms with van der Waals surface area (Å²) in [6.07, 6.45) is 3.68. The topological polar surface area (TPSA) is 54.0 Å². The fourth-order valence-electron chi connectivity index (χ4n) is 1.12. The Morgan fingerprint density at radius 1 is 1.47 bits per heavy atom. The molecule has 84 valence electrons. The minimum Gasteiger partial charge on any atom is -0.338 e. The maximum Gasteiger partial charge on any atom is 0.314 e. The summed E-state index contributed by atoms with van der Waals surface area (Å²) in [6.45, 7) is 5.40. The second-order valence-corrected chi connectivity index (χ2v) is 4.60. The van der Waals surface area contributed by atoms with Crippen LogP contribution in [-0.2, 0) is 6.42 Å². The average Bonchev–Trinajstić information content (AvgIpc) is 2.61. The van der Waals surface area contributed by atoms with Gasteiger partial charge < -0.3 is 10.6 Å². The van der Waals surface area contributed by atoms with Gasteiger partial charge in [-0.15, -0.1) is 11.3 Å². The molecule has 15 heavy (non-hydrogen) atoms. The van der Waals surface area contributed by atoms with Gasteiger partial charge in [0, 0.05) is 30.6 Å². The van der Waals surface area contributed by atoms with Crippen LogP contribution >= 0.6 is 11.3 Å². The highest BCUT2D eigenvalue weighted by Crippen LogP contribution is 2.11. The second kappa shape index (κ2) is 6.40. The Morgan fingerprint density at radius 3 is 2.80 bits per heavy atom. The Bertz CT molecular complexity index is 311. The average molecular weight is 227 g/mol. The van der Waals surface area contributed by atoms with Gasteiger partial charge in [0.25, 0.3) is 0 Å². The Balaban J connectivity index is 2.13. The van der Waals surface area contributed by atoms with Crippen LogP contribution in [0.5, 0.6) is 0 Å². The van der Waals surface area contributed by atoms with Crippen molar-refractivity contribution >= 4 is 17.4 Å². The Hall–Kier alpha value is -1.10. The normalized spacial score (nSPS) is 10.0. The minimum absolute atomic E-state index is 0.0851. The minimum atomic E-state index is -0.0851. The number of aromatic nitrogens is 1. The van der Waals surface area contributed by atoms with Crippen LogP contribution in [-0.4, -0.2) is 24.1 Å². The van der Waals surface area contributed by atoms with Crippen LogP contribution in [0, 0.1) is 6.92 Å². The van der Waals surface area contributed by atoms with Crippen LogP contribution in [0.3, 0.4) is 0 Å². The molecule has 0 aliphatic heterocycles. The van der Waals surface area contributed by atoms with Crippen LogP contribution in [0.25, 0.3) is 0 Å². The Kier molecular flexibility index (Phi) is 5.10. The summed E-state index contributed by atoms with van der Waals surface area (Å²) >= 11 is 1.67. The third-order valence-corrected chi connectivity index (χ3v) is 2.83. The van der Waals surface area contributed by atoms with Gasteiger partial charge in [-0.2, -0.15) is 0 Å². The van der Waals surface area contributed by atoms with Crippen molar-refractivity contribution in [1.29, 1.82) is 0 Å². The predicted molar refractivity (Wildman–Crippen MR) is 62.2 cm³/mol. The fraction of sp³-hybridized carbons (Fsp3) is 0.600. The molecule has 1 aromatic rings. The van der Waals surface area contributed by atoms with E-state index in [0.717, 1.165) is 24.4 Å². The van der Waals surface area contributed by atoms with E-state index in [-0.39, 0.29) is 6.03 Å². The van der Waals surface area contributed by atoms with Crippen molar-refractivity contribution in [1.82, 2.24) is 15.6 Å². The van der Waals surface area contributed by atoms with Crippen molar-refractivity contribution < 1.29 is 4.79 Å². The number of nitrogens with one attached hydrogen (secondary N) is 2. The van der Waals surface area contributed by atoms with Gasteiger partial charge in [-0.1, -0.05) is 6.92 Å². The van der Waals surface area contributed by atoms with E-state index in [1.54, 1.807) is 11.3 Å². The molecule has 0 fully saturated rings. The zero-order chi connectivity index (χ0) is 11.1. The molecule has 2 N–H and O–H groups in total. The lowest BCUT2D eigenvalue weighted by atomic mass is 10.4. The molecule has 5 heteroatoms. The van der Waals surface area contributed by atoms with Gasteiger partial charge in [-0.25, -0.2) is 9.78 Å². The lowest BCUT2D eigenvalue weighted by Gasteiger charge is -2.04. The standard InChI is InChI=1S/C10H17N3OS/c1-3-5-11-10(14)12-6-4-9-7-13-8(2)15-9/h7H,3-6H2,1-2H3,(H2,11,12,14). The lowest BCUT2D eigenvalue weighted by Crippen LogP contribution is -2.36. The summed E-state index contributed by atoms with van der Waals surface area (Å²) in [5.41, 5.74) is 0. The van der Waals surface area contributed by atoms with Crippen molar-refractivity contribution in [2.24, 2.45) is 0 Å². The Labute approximate surface area is 94.1 Å². The van der Waals surface area contributed by atoms with Crippen LogP contribution in [0.2, 0.25) is 0 Å². The van der Waals surface area contributed by atoms with Crippen molar-refractivity contribution in [2.45, 2.75) is 26.7 Å². The predicted octanol–water partition coefficient (Wildman–Crippen LogP) is 1.70. The van der Waals surface area contributed by atoms with Crippen molar-refractivity contribution in [3.63, 3.8) is 0 Å². The molecular weight excluding hydrogens is 210 g/mol. The molecule has 0 saturated carbocycles. The molecule has 0 bridgehead atoms. The van der Waals surface area contributed by atoms with Crippen LogP contribution in [0.4, 0.5) is 4.79 Å². The van der Waals surface area contributed by atoms with Crippen LogP contribution < -0.4 is 10.6 Å². The number of rotatable bonds is 5. The number of thiazole rings is 1. The highest BCUT2D eigenvalue weighted by molar-refractivity contribution is 7.11. The van der Waals surface area contributed by atoms with E-state index in [2.05, 4.69) is 15.6 Å². The highest BCUT2D eigenvalue weighted by atomic mass is 32.1. The maximum atomic E-state index is 11.2.